The average molecular weight is 1070 g/mol. The summed E-state index contributed by atoms with van der Waals surface area (Å²) in [6.45, 7) is 0. The Morgan fingerprint density at radius 2 is 0.796 bits per heavy atom. The van der Waals surface area contributed by atoms with Crippen molar-refractivity contribution in [3.63, 3.8) is 0 Å². The summed E-state index contributed by atoms with van der Waals surface area (Å²) in [5, 5.41) is 2.64. The van der Waals surface area contributed by atoms with Gasteiger partial charge in [-0.25, -0.2) is 0 Å². The number of thioether (sulfide) groups is 4. The summed E-state index contributed by atoms with van der Waals surface area (Å²) in [4.78, 5) is 2.44. The third-order valence-corrected chi connectivity index (χ3v) is 19.3. The zero-order valence-electron chi connectivity index (χ0n) is 25.6. The van der Waals surface area contributed by atoms with E-state index in [2.05, 4.69) is 27.8 Å². The first-order valence-corrected chi connectivity index (χ1v) is 23.2. The van der Waals surface area contributed by atoms with Gasteiger partial charge in [0.15, 0.2) is 0 Å². The van der Waals surface area contributed by atoms with E-state index < -0.39 is 0 Å². The molecule has 1 radical (unpaired) electrons. The molecule has 3 heterocycles. The van der Waals surface area contributed by atoms with Crippen molar-refractivity contribution in [1.82, 2.24) is 4.57 Å². The Hall–Kier alpha value is 0.840. The van der Waals surface area contributed by atoms with Crippen LogP contribution in [-0.2, 0) is 0 Å². The molecule has 0 bridgehead atoms. The minimum absolute atomic E-state index is 0.00188. The third kappa shape index (κ3) is 7.81. The van der Waals surface area contributed by atoms with Crippen molar-refractivity contribution in [2.24, 2.45) is 0 Å². The first-order chi connectivity index (χ1) is 25.6. The van der Waals surface area contributed by atoms with Crippen molar-refractivity contribution >= 4 is 222 Å². The van der Waals surface area contributed by atoms with Gasteiger partial charge in [0.25, 0.3) is 0 Å². The van der Waals surface area contributed by atoms with Crippen molar-refractivity contribution < 1.29 is 0 Å². The van der Waals surface area contributed by atoms with Crippen molar-refractivity contribution in [3.8, 4) is 5.69 Å². The fraction of sp³-hybridized carbons (Fsp3) is 0. The Kier molecular flexibility index (Phi) is 13.9. The summed E-state index contributed by atoms with van der Waals surface area (Å²) in [7, 11) is 0. The molecule has 7 rings (SSSR count). The van der Waals surface area contributed by atoms with Crippen LogP contribution in [0.4, 0.5) is 0 Å². The van der Waals surface area contributed by atoms with Crippen LogP contribution in [0, 0.1) is 5.92 Å². The quantitative estimate of drug-likeness (QED) is 0.0722. The van der Waals surface area contributed by atoms with E-state index in [-0.39, 0.29) is 92.9 Å². The highest BCUT2D eigenvalue weighted by Crippen LogP contribution is 2.59. The van der Waals surface area contributed by atoms with E-state index in [0.29, 0.717) is 5.56 Å². The molecular weight excluding hydrogens is 1060 g/mol. The van der Waals surface area contributed by atoms with Gasteiger partial charge < -0.3 is 4.57 Å². The molecule has 0 atom stereocenters. The zero-order valence-corrected chi connectivity index (χ0v) is 39.5. The molecule has 0 saturated carbocycles. The number of benzene rings is 4. The second-order valence-electron chi connectivity index (χ2n) is 10.9. The van der Waals surface area contributed by atoms with Crippen LogP contribution < -0.4 is 0 Å². The Labute approximate surface area is 396 Å². The molecule has 0 aliphatic carbocycles. The molecule has 0 saturated heterocycles. The van der Waals surface area contributed by atoms with Crippen molar-refractivity contribution in [2.75, 3.05) is 0 Å². The van der Waals surface area contributed by atoms with Gasteiger partial charge in [0.1, 0.15) is 0 Å². The molecule has 2 aliphatic heterocycles. The molecule has 0 spiro atoms. The Morgan fingerprint density at radius 3 is 1.20 bits per heavy atom. The molecule has 4 aromatic carbocycles. The number of hydrogen-bond donors (Lipinski definition) is 0. The van der Waals surface area contributed by atoms with Crippen LogP contribution in [0.15, 0.2) is 65.7 Å². The fourth-order valence-corrected chi connectivity index (χ4v) is 13.8. The van der Waals surface area contributed by atoms with E-state index in [0.717, 1.165) is 11.3 Å². The Balaban J connectivity index is 1.28. The topological polar surface area (TPSA) is 4.93 Å². The molecule has 19 heteroatoms. The van der Waals surface area contributed by atoms with Crippen LogP contribution in [0.3, 0.4) is 0 Å². The normalized spacial score (nSPS) is 14.1. The maximum atomic E-state index is 7.05. The molecule has 54 heavy (non-hydrogen) atoms. The van der Waals surface area contributed by atoms with Crippen LogP contribution in [0.5, 0.6) is 0 Å². The summed E-state index contributed by atoms with van der Waals surface area (Å²) in [6, 6.07) is 7.94. The molecule has 2 aliphatic rings. The van der Waals surface area contributed by atoms with Crippen molar-refractivity contribution in [3.05, 3.63) is 160 Å². The maximum Gasteiger partial charge on any atom is 0.0809 e. The minimum Gasteiger partial charge on any atom is -0.322 e. The lowest BCUT2D eigenvalue weighted by Crippen LogP contribution is -2.12. The number of fused-ring (bicyclic) bond motifs is 1. The van der Waals surface area contributed by atoms with Gasteiger partial charge in [-0.05, 0) is 28.5 Å². The number of halogens is 14. The molecule has 277 valence electrons. The van der Waals surface area contributed by atoms with Gasteiger partial charge in [-0.2, -0.15) is 0 Å². The highest BCUT2D eigenvalue weighted by Gasteiger charge is 2.38. The van der Waals surface area contributed by atoms with E-state index in [4.69, 9.17) is 162 Å². The van der Waals surface area contributed by atoms with E-state index in [1.165, 1.54) is 18.3 Å². The molecular formula is C35H10Cl14NS4. The number of rotatable bonds is 6. The first kappa shape index (κ1) is 42.9. The van der Waals surface area contributed by atoms with E-state index in [1.54, 1.807) is 53.1 Å². The van der Waals surface area contributed by atoms with Gasteiger partial charge in [0.05, 0.1) is 84.7 Å². The standard InChI is InChI=1S/C35H10Cl14NS4/c36-20-13(6-3-11-1-4-12(5-2-11)50-9-14-15(10-50)54-35(53-14)34-51-7-8-52-34)21(37)23(39)17(22(20)38)16(18-24(40)28(44)32(48)29(45)25(18)41)19-26(42)30(46)33(49)31(47)27(19)43/h1-10H/b6-3+. The van der Waals surface area contributed by atoms with Gasteiger partial charge in [-0.15, -0.1) is 0 Å². The highest BCUT2D eigenvalue weighted by atomic mass is 35.5. The number of hydrogen-bond acceptors (Lipinski definition) is 4. The lowest BCUT2D eigenvalue weighted by Gasteiger charge is -2.28. The van der Waals surface area contributed by atoms with Gasteiger partial charge in [-0.3, -0.25) is 0 Å². The van der Waals surface area contributed by atoms with Crippen LogP contribution in [0.25, 0.3) is 17.8 Å². The monoisotopic (exact) mass is 1060 g/mol. The summed E-state index contributed by atoms with van der Waals surface area (Å²) < 4.78 is 4.73. The molecule has 0 unspecified atom stereocenters. The molecule has 5 aromatic rings. The lowest BCUT2D eigenvalue weighted by atomic mass is 9.84. The van der Waals surface area contributed by atoms with Crippen LogP contribution >= 0.6 is 209 Å². The second-order valence-corrected chi connectivity index (χ2v) is 20.7. The zero-order chi connectivity index (χ0) is 38.9. The summed E-state index contributed by atoms with van der Waals surface area (Å²) in [6.07, 6.45) is 7.78. The van der Waals surface area contributed by atoms with Crippen LogP contribution in [-0.4, -0.2) is 4.57 Å². The van der Waals surface area contributed by atoms with Crippen LogP contribution in [0.2, 0.25) is 70.3 Å². The predicted octanol–water partition coefficient (Wildman–Crippen LogP) is 20.1. The molecule has 0 N–H and O–H groups in total. The van der Waals surface area contributed by atoms with Gasteiger partial charge in [-0.1, -0.05) is 234 Å². The van der Waals surface area contributed by atoms with Gasteiger partial charge in [0, 0.05) is 50.1 Å². The largest absolute Gasteiger partial charge is 0.322 e. The number of aromatic nitrogens is 1. The Bertz CT molecular complexity index is 2320. The van der Waals surface area contributed by atoms with Crippen LogP contribution in [0.1, 0.15) is 27.8 Å². The summed E-state index contributed by atoms with van der Waals surface area (Å²) >= 11 is 101. The Morgan fingerprint density at radius 1 is 0.426 bits per heavy atom. The summed E-state index contributed by atoms with van der Waals surface area (Å²) in [5.41, 5.74) is 2.10. The van der Waals surface area contributed by atoms with Gasteiger partial charge >= 0.3 is 0 Å². The molecule has 0 fully saturated rings. The van der Waals surface area contributed by atoms with E-state index >= 15 is 0 Å². The SMILES string of the molecule is Clc1c(Cl)c(Cl)c([C](c2c(Cl)c(Cl)c(Cl)c(Cl)c2Cl)c2c(Cl)c(Cl)c(/C=C/c3ccc(-n4cc5c(c4)SC(=C4SC=CS4)S5)cc3)c(Cl)c2Cl)c(Cl)c1Cl. The first-order valence-electron chi connectivity index (χ1n) is 14.5. The molecule has 1 nitrogen and oxygen atoms in total. The average Bonchev–Trinajstić information content (AvgIpc) is 3.92. The fourth-order valence-electron chi connectivity index (χ4n) is 5.30. The minimum atomic E-state index is -0.156. The molecule has 1 aromatic heterocycles. The maximum absolute atomic E-state index is 7.05. The third-order valence-electron chi connectivity index (χ3n) is 7.83. The number of nitrogens with zero attached hydrogens (tertiary/aromatic N) is 1. The van der Waals surface area contributed by atoms with Crippen molar-refractivity contribution in [2.45, 2.75) is 9.79 Å². The summed E-state index contributed by atoms with van der Waals surface area (Å²) in [5.74, 6) is -0.0140. The van der Waals surface area contributed by atoms with E-state index in [1.807, 2.05) is 30.3 Å². The van der Waals surface area contributed by atoms with E-state index in [9.17, 15) is 0 Å². The molecule has 0 amide bonds. The predicted molar refractivity (Wildman–Crippen MR) is 248 cm³/mol. The lowest BCUT2D eigenvalue weighted by molar-refractivity contribution is 1.06. The van der Waals surface area contributed by atoms with Gasteiger partial charge in [0.2, 0.25) is 0 Å². The smallest absolute Gasteiger partial charge is 0.0809 e. The highest BCUT2D eigenvalue weighted by molar-refractivity contribution is 8.32. The van der Waals surface area contributed by atoms with Crippen molar-refractivity contribution in [1.29, 1.82) is 0 Å². The second kappa shape index (κ2) is 17.4.